The van der Waals surface area contributed by atoms with Gasteiger partial charge in [0.2, 0.25) is 11.7 Å². The van der Waals surface area contributed by atoms with Crippen molar-refractivity contribution in [2.45, 2.75) is 73.6 Å². The Hall–Kier alpha value is -2.89. The van der Waals surface area contributed by atoms with Crippen LogP contribution in [-0.4, -0.2) is 55.7 Å². The van der Waals surface area contributed by atoms with Crippen LogP contribution in [0.2, 0.25) is 0 Å². The summed E-state index contributed by atoms with van der Waals surface area (Å²) in [5.41, 5.74) is 1.73. The molecular weight excluding hydrogens is 484 g/mol. The molecule has 0 saturated carbocycles. The molecule has 0 aliphatic heterocycles. The van der Waals surface area contributed by atoms with Crippen molar-refractivity contribution >= 4 is 23.3 Å². The standard InChI is InChI=1S/C30H46N2O6/c1-7-37-18-15-31-28(35)13-11-25(33)9-8-16-38-17-14-29(36)32-26-21-24(10-12-27(26)34)20-22(2)19-23(3)30(4,5)6/h10,12,21-23,34H,7-9,14-20H2,1-6H3,(H,31,35)(H,32,36)/t22-,23?/m1/s1. The lowest BCUT2D eigenvalue weighted by Crippen LogP contribution is -2.25. The average molecular weight is 531 g/mol. The van der Waals surface area contributed by atoms with E-state index in [1.807, 2.05) is 19.1 Å². The van der Waals surface area contributed by atoms with E-state index in [4.69, 9.17) is 9.47 Å². The summed E-state index contributed by atoms with van der Waals surface area (Å²) in [4.78, 5) is 35.6. The molecule has 3 N–H and O–H groups in total. The molecule has 1 unspecified atom stereocenters. The van der Waals surface area contributed by atoms with Crippen LogP contribution in [0.1, 0.15) is 72.8 Å². The molecule has 1 aromatic rings. The van der Waals surface area contributed by atoms with Gasteiger partial charge < -0.3 is 25.2 Å². The second-order valence-electron chi connectivity index (χ2n) is 10.8. The molecule has 0 radical (unpaired) electrons. The van der Waals surface area contributed by atoms with Crippen molar-refractivity contribution < 1.29 is 29.0 Å². The van der Waals surface area contributed by atoms with Gasteiger partial charge in [0, 0.05) is 32.1 Å². The highest BCUT2D eigenvalue weighted by molar-refractivity contribution is 6.03. The van der Waals surface area contributed by atoms with E-state index in [1.165, 1.54) is 0 Å². The van der Waals surface area contributed by atoms with E-state index in [9.17, 15) is 19.5 Å². The summed E-state index contributed by atoms with van der Waals surface area (Å²) >= 11 is 0. The van der Waals surface area contributed by atoms with E-state index in [0.29, 0.717) is 50.3 Å². The normalized spacial score (nSPS) is 12.7. The van der Waals surface area contributed by atoms with Gasteiger partial charge in [-0.15, -0.1) is 0 Å². The van der Waals surface area contributed by atoms with Crippen LogP contribution < -0.4 is 10.6 Å². The number of nitrogens with one attached hydrogen (secondary N) is 2. The van der Waals surface area contributed by atoms with Crippen LogP contribution in [0.5, 0.6) is 5.75 Å². The predicted octanol–water partition coefficient (Wildman–Crippen LogP) is 4.49. The molecule has 0 saturated heterocycles. The Labute approximate surface area is 228 Å². The SMILES string of the molecule is CCOCCNC(=O)C#CC(=O)CCCOCCC(=O)Nc1cc(C[C@H](C)CC(C)C(C)(C)C)ccc1O. The Morgan fingerprint density at radius 2 is 1.76 bits per heavy atom. The van der Waals surface area contributed by atoms with Gasteiger partial charge in [-0.3, -0.25) is 14.4 Å². The van der Waals surface area contributed by atoms with Gasteiger partial charge in [-0.05, 0) is 67.1 Å². The number of rotatable bonds is 16. The minimum atomic E-state index is -0.512. The lowest BCUT2D eigenvalue weighted by Gasteiger charge is -2.29. The number of aromatic hydroxyl groups is 1. The number of carbonyl (C=O) groups excluding carboxylic acids is 3. The van der Waals surface area contributed by atoms with Gasteiger partial charge in [0.15, 0.2) is 0 Å². The molecule has 8 nitrogen and oxygen atoms in total. The Bertz CT molecular complexity index is 958. The number of ether oxygens (including phenoxy) is 2. The van der Waals surface area contributed by atoms with Crippen molar-refractivity contribution in [2.24, 2.45) is 17.3 Å². The minimum Gasteiger partial charge on any atom is -0.506 e. The van der Waals surface area contributed by atoms with Crippen LogP contribution in [0.3, 0.4) is 0 Å². The molecule has 0 fully saturated rings. The quantitative estimate of drug-likeness (QED) is 0.126. The highest BCUT2D eigenvalue weighted by atomic mass is 16.5. The Morgan fingerprint density at radius 3 is 2.45 bits per heavy atom. The van der Waals surface area contributed by atoms with E-state index in [0.717, 1.165) is 18.4 Å². The molecule has 2 atom stereocenters. The van der Waals surface area contributed by atoms with E-state index in [2.05, 4.69) is 57.1 Å². The van der Waals surface area contributed by atoms with Gasteiger partial charge in [-0.25, -0.2) is 0 Å². The smallest absolute Gasteiger partial charge is 0.296 e. The second-order valence-corrected chi connectivity index (χ2v) is 10.8. The van der Waals surface area contributed by atoms with Crippen molar-refractivity contribution in [3.63, 3.8) is 0 Å². The first-order valence-electron chi connectivity index (χ1n) is 13.5. The summed E-state index contributed by atoms with van der Waals surface area (Å²) in [5.74, 6) is 4.55. The van der Waals surface area contributed by atoms with Gasteiger partial charge in [-0.1, -0.05) is 40.7 Å². The molecular formula is C30H46N2O6. The van der Waals surface area contributed by atoms with Crippen LogP contribution >= 0.6 is 0 Å². The third-order valence-electron chi connectivity index (χ3n) is 6.37. The Morgan fingerprint density at radius 1 is 1.03 bits per heavy atom. The summed E-state index contributed by atoms with van der Waals surface area (Å²) in [6.07, 6.45) is 2.70. The maximum absolute atomic E-state index is 12.3. The van der Waals surface area contributed by atoms with Crippen molar-refractivity contribution in [3.8, 4) is 17.6 Å². The number of hydrogen-bond acceptors (Lipinski definition) is 6. The number of amides is 2. The van der Waals surface area contributed by atoms with Crippen molar-refractivity contribution in [1.82, 2.24) is 5.32 Å². The van der Waals surface area contributed by atoms with Gasteiger partial charge in [0.05, 0.1) is 25.3 Å². The highest BCUT2D eigenvalue weighted by Crippen LogP contribution is 2.32. The van der Waals surface area contributed by atoms with E-state index in [-0.39, 0.29) is 42.3 Å². The Kier molecular flexibility index (Phi) is 15.3. The molecule has 0 spiro atoms. The topological polar surface area (TPSA) is 114 Å². The van der Waals surface area contributed by atoms with E-state index < -0.39 is 5.91 Å². The summed E-state index contributed by atoms with van der Waals surface area (Å²) in [6.45, 7) is 14.9. The van der Waals surface area contributed by atoms with Crippen LogP contribution in [0.15, 0.2) is 18.2 Å². The molecule has 0 heterocycles. The highest BCUT2D eigenvalue weighted by Gasteiger charge is 2.22. The molecule has 0 aliphatic rings. The summed E-state index contributed by atoms with van der Waals surface area (Å²) < 4.78 is 10.5. The van der Waals surface area contributed by atoms with Crippen molar-refractivity contribution in [3.05, 3.63) is 23.8 Å². The zero-order valence-electron chi connectivity index (χ0n) is 23.9. The zero-order valence-corrected chi connectivity index (χ0v) is 23.9. The monoisotopic (exact) mass is 530 g/mol. The maximum atomic E-state index is 12.3. The number of anilines is 1. The summed E-state index contributed by atoms with van der Waals surface area (Å²) in [7, 11) is 0. The molecule has 212 valence electrons. The molecule has 0 aliphatic carbocycles. The first kappa shape index (κ1) is 33.1. The number of hydrogen-bond donors (Lipinski definition) is 3. The fourth-order valence-corrected chi connectivity index (χ4v) is 3.68. The molecule has 0 aromatic heterocycles. The lowest BCUT2D eigenvalue weighted by molar-refractivity contribution is -0.117. The maximum Gasteiger partial charge on any atom is 0.296 e. The minimum absolute atomic E-state index is 0.0290. The average Bonchev–Trinajstić information content (AvgIpc) is 2.84. The molecule has 1 aromatic carbocycles. The predicted molar refractivity (Wildman–Crippen MR) is 150 cm³/mol. The molecule has 1 rings (SSSR count). The van der Waals surface area contributed by atoms with E-state index >= 15 is 0 Å². The largest absolute Gasteiger partial charge is 0.506 e. The fourth-order valence-electron chi connectivity index (χ4n) is 3.68. The van der Waals surface area contributed by atoms with Gasteiger partial charge in [0.25, 0.3) is 5.91 Å². The van der Waals surface area contributed by atoms with E-state index in [1.54, 1.807) is 6.07 Å². The first-order chi connectivity index (χ1) is 17.9. The van der Waals surface area contributed by atoms with Crippen LogP contribution in [0.25, 0.3) is 0 Å². The van der Waals surface area contributed by atoms with Gasteiger partial charge in [0.1, 0.15) is 5.75 Å². The number of carbonyl (C=O) groups is 3. The van der Waals surface area contributed by atoms with Gasteiger partial charge in [-0.2, -0.15) is 0 Å². The number of Topliss-reactive ketones (excluding diaryl/α,β-unsaturated/α-hetero) is 1. The third-order valence-corrected chi connectivity index (χ3v) is 6.37. The van der Waals surface area contributed by atoms with Gasteiger partial charge >= 0.3 is 0 Å². The fraction of sp³-hybridized carbons (Fsp3) is 0.633. The third kappa shape index (κ3) is 14.7. The molecule has 0 bridgehead atoms. The second kappa shape index (κ2) is 17.6. The zero-order chi connectivity index (χ0) is 28.6. The van der Waals surface area contributed by atoms with Crippen LogP contribution in [0.4, 0.5) is 5.69 Å². The summed E-state index contributed by atoms with van der Waals surface area (Å²) in [6, 6.07) is 5.34. The van der Waals surface area contributed by atoms with Crippen LogP contribution in [0, 0.1) is 29.1 Å². The molecule has 2 amide bonds. The Balaban J connectivity index is 2.33. The van der Waals surface area contributed by atoms with Crippen molar-refractivity contribution in [2.75, 3.05) is 38.3 Å². The number of benzene rings is 1. The lowest BCUT2D eigenvalue weighted by atomic mass is 9.76. The molecule has 8 heteroatoms. The molecule has 38 heavy (non-hydrogen) atoms. The van der Waals surface area contributed by atoms with Crippen molar-refractivity contribution in [1.29, 1.82) is 0 Å². The first-order valence-corrected chi connectivity index (χ1v) is 13.5. The number of ketones is 1. The number of phenols is 1. The summed E-state index contributed by atoms with van der Waals surface area (Å²) in [5, 5.41) is 15.5. The number of phenolic OH excluding ortho intramolecular Hbond substituents is 1. The van der Waals surface area contributed by atoms with Crippen LogP contribution in [-0.2, 0) is 30.3 Å².